The van der Waals surface area contributed by atoms with Gasteiger partial charge in [0.25, 0.3) is 0 Å². The summed E-state index contributed by atoms with van der Waals surface area (Å²) < 4.78 is 16.6. The Balaban J connectivity index is 1.97. The average Bonchev–Trinajstić information content (AvgIpc) is 2.95. The predicted octanol–water partition coefficient (Wildman–Crippen LogP) is 3.81. The van der Waals surface area contributed by atoms with Crippen molar-refractivity contribution in [3.63, 3.8) is 0 Å². The third-order valence-corrected chi connectivity index (χ3v) is 3.86. The van der Waals surface area contributed by atoms with Gasteiger partial charge in [-0.25, -0.2) is 9.79 Å². The number of carbonyl (C=O) groups excluding carboxylic acids is 1. The molecule has 0 unspecified atom stereocenters. The van der Waals surface area contributed by atoms with Crippen LogP contribution < -0.4 is 9.47 Å². The maximum atomic E-state index is 12.1. The van der Waals surface area contributed by atoms with Crippen LogP contribution in [0.4, 0.5) is 0 Å². The Bertz CT molecular complexity index is 836. The molecule has 0 saturated carbocycles. The van der Waals surface area contributed by atoms with E-state index >= 15 is 0 Å². The van der Waals surface area contributed by atoms with E-state index in [-0.39, 0.29) is 11.6 Å². The Morgan fingerprint density at radius 1 is 1.08 bits per heavy atom. The number of ether oxygens (including phenoxy) is 3. The number of aliphatic imine (C=N–C) groups is 1. The Kier molecular flexibility index (Phi) is 4.66. The molecular formula is C18H14BrNO4. The zero-order chi connectivity index (χ0) is 17.1. The zero-order valence-electron chi connectivity index (χ0n) is 13.1. The van der Waals surface area contributed by atoms with Crippen LogP contribution >= 0.6 is 15.9 Å². The number of benzene rings is 2. The lowest BCUT2D eigenvalue weighted by atomic mass is 10.1. The topological polar surface area (TPSA) is 57.1 Å². The van der Waals surface area contributed by atoms with Gasteiger partial charge >= 0.3 is 5.97 Å². The average molecular weight is 388 g/mol. The summed E-state index contributed by atoms with van der Waals surface area (Å²) in [6.07, 6.45) is 1.64. The first-order valence-electron chi connectivity index (χ1n) is 7.10. The Hall–Kier alpha value is -2.60. The molecule has 122 valence electrons. The highest BCUT2D eigenvalue weighted by atomic mass is 79.9. The molecule has 5 nitrogen and oxygen atoms in total. The van der Waals surface area contributed by atoms with E-state index in [9.17, 15) is 4.79 Å². The summed E-state index contributed by atoms with van der Waals surface area (Å²) in [5, 5.41) is 0. The van der Waals surface area contributed by atoms with Crippen LogP contribution in [0.3, 0.4) is 0 Å². The van der Waals surface area contributed by atoms with Crippen LogP contribution in [0, 0.1) is 0 Å². The largest absolute Gasteiger partial charge is 0.497 e. The van der Waals surface area contributed by atoms with Gasteiger partial charge < -0.3 is 14.2 Å². The molecule has 2 aromatic carbocycles. The molecule has 0 spiro atoms. The molecule has 1 aliphatic rings. The lowest BCUT2D eigenvalue weighted by Crippen LogP contribution is -2.05. The minimum absolute atomic E-state index is 0.222. The van der Waals surface area contributed by atoms with Gasteiger partial charge in [0.1, 0.15) is 11.5 Å². The maximum absolute atomic E-state index is 12.1. The summed E-state index contributed by atoms with van der Waals surface area (Å²) in [6, 6.07) is 12.7. The zero-order valence-corrected chi connectivity index (χ0v) is 14.7. The summed E-state index contributed by atoms with van der Waals surface area (Å²) in [7, 11) is 3.14. The highest BCUT2D eigenvalue weighted by Crippen LogP contribution is 2.26. The van der Waals surface area contributed by atoms with Crippen LogP contribution in [0.2, 0.25) is 0 Å². The molecule has 1 aliphatic heterocycles. The van der Waals surface area contributed by atoms with E-state index in [1.165, 1.54) is 0 Å². The minimum Gasteiger partial charge on any atom is -0.497 e. The van der Waals surface area contributed by atoms with Crippen molar-refractivity contribution in [3.8, 4) is 11.5 Å². The Morgan fingerprint density at radius 2 is 1.79 bits per heavy atom. The number of esters is 1. The lowest BCUT2D eigenvalue weighted by Gasteiger charge is -2.05. The van der Waals surface area contributed by atoms with Crippen LogP contribution in [0.1, 0.15) is 11.1 Å². The van der Waals surface area contributed by atoms with Gasteiger partial charge in [-0.15, -0.1) is 0 Å². The molecule has 0 amide bonds. The molecule has 0 atom stereocenters. The first-order chi connectivity index (χ1) is 11.6. The van der Waals surface area contributed by atoms with Gasteiger partial charge in [0.05, 0.1) is 14.2 Å². The number of rotatable bonds is 4. The summed E-state index contributed by atoms with van der Waals surface area (Å²) in [4.78, 5) is 16.4. The van der Waals surface area contributed by atoms with Gasteiger partial charge in [0.2, 0.25) is 5.90 Å². The SMILES string of the molecule is COc1cc(/C=C2\N=C(c3cccc(Br)c3)OC2=O)cc(OC)c1. The van der Waals surface area contributed by atoms with Gasteiger partial charge in [-0.1, -0.05) is 22.0 Å². The van der Waals surface area contributed by atoms with Crippen molar-refractivity contribution >= 4 is 33.9 Å². The number of hydrogen-bond donors (Lipinski definition) is 0. The fourth-order valence-corrected chi connectivity index (χ4v) is 2.62. The number of nitrogens with zero attached hydrogens (tertiary/aromatic N) is 1. The molecule has 0 bridgehead atoms. The second-order valence-corrected chi connectivity index (χ2v) is 5.91. The number of halogens is 1. The molecule has 0 aromatic heterocycles. The molecule has 24 heavy (non-hydrogen) atoms. The first-order valence-corrected chi connectivity index (χ1v) is 7.90. The third-order valence-electron chi connectivity index (χ3n) is 3.37. The fourth-order valence-electron chi connectivity index (χ4n) is 2.22. The van der Waals surface area contributed by atoms with Crippen molar-refractivity contribution in [3.05, 3.63) is 63.8 Å². The monoisotopic (exact) mass is 387 g/mol. The number of carbonyl (C=O) groups is 1. The van der Waals surface area contributed by atoms with Crippen molar-refractivity contribution < 1.29 is 19.0 Å². The molecular weight excluding hydrogens is 374 g/mol. The van der Waals surface area contributed by atoms with E-state index in [1.54, 1.807) is 38.5 Å². The second-order valence-electron chi connectivity index (χ2n) is 4.99. The van der Waals surface area contributed by atoms with Crippen LogP contribution in [-0.2, 0) is 9.53 Å². The van der Waals surface area contributed by atoms with Gasteiger partial charge in [-0.2, -0.15) is 0 Å². The van der Waals surface area contributed by atoms with Gasteiger partial charge in [0, 0.05) is 16.1 Å². The third kappa shape index (κ3) is 3.49. The normalized spacial score (nSPS) is 15.2. The van der Waals surface area contributed by atoms with Crippen LogP contribution in [-0.4, -0.2) is 26.1 Å². The quantitative estimate of drug-likeness (QED) is 0.591. The van der Waals surface area contributed by atoms with E-state index < -0.39 is 5.97 Å². The van der Waals surface area contributed by atoms with Gasteiger partial charge in [0.15, 0.2) is 5.70 Å². The molecule has 0 aliphatic carbocycles. The van der Waals surface area contributed by atoms with Gasteiger partial charge in [-0.3, -0.25) is 0 Å². The molecule has 3 rings (SSSR count). The first kappa shape index (κ1) is 16.3. The minimum atomic E-state index is -0.494. The van der Waals surface area contributed by atoms with Crippen LogP contribution in [0.15, 0.2) is 57.6 Å². The smallest absolute Gasteiger partial charge is 0.363 e. The number of methoxy groups -OCH3 is 2. The molecule has 0 fully saturated rings. The lowest BCUT2D eigenvalue weighted by molar-refractivity contribution is -0.129. The molecule has 0 radical (unpaired) electrons. The summed E-state index contributed by atoms with van der Waals surface area (Å²) in [5.74, 6) is 1.04. The maximum Gasteiger partial charge on any atom is 0.363 e. The summed E-state index contributed by atoms with van der Waals surface area (Å²) in [6.45, 7) is 0. The standard InChI is InChI=1S/C18H14BrNO4/c1-22-14-6-11(7-15(10-14)23-2)8-16-18(21)24-17(20-16)12-4-3-5-13(19)9-12/h3-10H,1-2H3/b16-8-. The molecule has 0 N–H and O–H groups in total. The van der Waals surface area contributed by atoms with Gasteiger partial charge in [-0.05, 0) is 42.0 Å². The van der Waals surface area contributed by atoms with Crippen LogP contribution in [0.5, 0.6) is 11.5 Å². The van der Waals surface area contributed by atoms with E-state index in [0.717, 1.165) is 15.6 Å². The van der Waals surface area contributed by atoms with Crippen molar-refractivity contribution in [2.24, 2.45) is 4.99 Å². The number of hydrogen-bond acceptors (Lipinski definition) is 5. The fraction of sp³-hybridized carbons (Fsp3) is 0.111. The van der Waals surface area contributed by atoms with E-state index in [4.69, 9.17) is 14.2 Å². The highest BCUT2D eigenvalue weighted by Gasteiger charge is 2.24. The van der Waals surface area contributed by atoms with Crippen LogP contribution in [0.25, 0.3) is 6.08 Å². The van der Waals surface area contributed by atoms with Crippen molar-refractivity contribution in [1.82, 2.24) is 0 Å². The molecule has 0 saturated heterocycles. The van der Waals surface area contributed by atoms with Crippen molar-refractivity contribution in [1.29, 1.82) is 0 Å². The van der Waals surface area contributed by atoms with Crippen molar-refractivity contribution in [2.45, 2.75) is 0 Å². The predicted molar refractivity (Wildman–Crippen MR) is 94.3 cm³/mol. The number of cyclic esters (lactones) is 1. The van der Waals surface area contributed by atoms with Crippen molar-refractivity contribution in [2.75, 3.05) is 14.2 Å². The summed E-state index contributed by atoms with van der Waals surface area (Å²) >= 11 is 3.39. The second kappa shape index (κ2) is 6.88. The van der Waals surface area contributed by atoms with E-state index in [1.807, 2.05) is 24.3 Å². The molecule has 2 aromatic rings. The Labute approximate surface area is 147 Å². The summed E-state index contributed by atoms with van der Waals surface area (Å²) in [5.41, 5.74) is 1.68. The molecule has 1 heterocycles. The van der Waals surface area contributed by atoms with E-state index in [0.29, 0.717) is 11.5 Å². The van der Waals surface area contributed by atoms with E-state index in [2.05, 4.69) is 20.9 Å². The molecule has 6 heteroatoms. The highest BCUT2D eigenvalue weighted by molar-refractivity contribution is 9.10. The Morgan fingerprint density at radius 3 is 2.42 bits per heavy atom.